The van der Waals surface area contributed by atoms with Gasteiger partial charge in [0.1, 0.15) is 0 Å². The molecule has 1 aliphatic heterocycles. The van der Waals surface area contributed by atoms with Crippen LogP contribution in [0.5, 0.6) is 0 Å². The number of nitrogens with zero attached hydrogens (tertiary/aromatic N) is 1. The fraction of sp³-hybridized carbons (Fsp3) is 1.00. The normalized spacial score (nSPS) is 30.3. The predicted octanol–water partition coefficient (Wildman–Crippen LogP) is 3.28. The van der Waals surface area contributed by atoms with Gasteiger partial charge in [-0.25, -0.2) is 0 Å². The highest BCUT2D eigenvalue weighted by molar-refractivity contribution is 4.89. The molecule has 106 valence electrons. The molecule has 1 heterocycles. The van der Waals surface area contributed by atoms with Crippen molar-refractivity contribution in [3.05, 3.63) is 0 Å². The summed E-state index contributed by atoms with van der Waals surface area (Å²) in [5, 5.41) is 3.76. The molecule has 0 radical (unpaired) electrons. The van der Waals surface area contributed by atoms with E-state index in [4.69, 9.17) is 0 Å². The molecule has 2 nitrogen and oxygen atoms in total. The molecule has 1 N–H and O–H groups in total. The Balaban J connectivity index is 1.97. The first-order chi connectivity index (χ1) is 8.48. The van der Waals surface area contributed by atoms with Crippen molar-refractivity contribution in [2.45, 2.75) is 71.9 Å². The third-order valence-corrected chi connectivity index (χ3v) is 5.13. The van der Waals surface area contributed by atoms with E-state index in [1.165, 1.54) is 51.7 Å². The quantitative estimate of drug-likeness (QED) is 0.811. The molecule has 2 atom stereocenters. The Bertz CT molecular complexity index is 250. The minimum absolute atomic E-state index is 0.373. The first-order valence-corrected chi connectivity index (χ1v) is 7.96. The lowest BCUT2D eigenvalue weighted by molar-refractivity contribution is 0.126. The summed E-state index contributed by atoms with van der Waals surface area (Å²) >= 11 is 0. The van der Waals surface area contributed by atoms with Crippen molar-refractivity contribution in [1.82, 2.24) is 10.2 Å². The molecule has 0 spiro atoms. The van der Waals surface area contributed by atoms with E-state index in [0.29, 0.717) is 11.5 Å². The Morgan fingerprint density at radius 2 is 1.78 bits per heavy atom. The van der Waals surface area contributed by atoms with E-state index in [9.17, 15) is 0 Å². The number of hydrogen-bond acceptors (Lipinski definition) is 2. The molecule has 1 saturated heterocycles. The molecule has 2 unspecified atom stereocenters. The van der Waals surface area contributed by atoms with Gasteiger partial charge in [0.25, 0.3) is 0 Å². The van der Waals surface area contributed by atoms with Crippen molar-refractivity contribution in [3.8, 4) is 0 Å². The average Bonchev–Trinajstić information content (AvgIpc) is 2.70. The van der Waals surface area contributed by atoms with Crippen LogP contribution in [0, 0.1) is 11.3 Å². The second kappa shape index (κ2) is 5.92. The Hall–Kier alpha value is -0.0800. The summed E-state index contributed by atoms with van der Waals surface area (Å²) in [6.07, 6.45) is 7.16. The molecule has 2 rings (SSSR count). The Morgan fingerprint density at radius 3 is 2.39 bits per heavy atom. The van der Waals surface area contributed by atoms with Crippen LogP contribution >= 0.6 is 0 Å². The molecular weight excluding hydrogens is 220 g/mol. The summed E-state index contributed by atoms with van der Waals surface area (Å²) in [5.74, 6) is 0.962. The highest BCUT2D eigenvalue weighted by Gasteiger charge is 2.32. The summed E-state index contributed by atoms with van der Waals surface area (Å²) in [6.45, 7) is 13.3. The zero-order valence-corrected chi connectivity index (χ0v) is 12.8. The van der Waals surface area contributed by atoms with E-state index in [-0.39, 0.29) is 0 Å². The highest BCUT2D eigenvalue weighted by Crippen LogP contribution is 2.31. The van der Waals surface area contributed by atoms with Gasteiger partial charge in [-0.1, -0.05) is 33.6 Å². The largest absolute Gasteiger partial charge is 0.312 e. The van der Waals surface area contributed by atoms with Gasteiger partial charge in [-0.15, -0.1) is 0 Å². The Labute approximate surface area is 114 Å². The number of rotatable bonds is 2. The van der Waals surface area contributed by atoms with Gasteiger partial charge in [0, 0.05) is 18.6 Å². The standard InChI is InChI=1S/C16H32N2/c1-13(14-8-5-6-9-14)18-11-7-10-17-15(12-18)16(2,3)4/h13-15,17H,5-12H2,1-4H3. The summed E-state index contributed by atoms with van der Waals surface area (Å²) in [6, 6.07) is 1.43. The lowest BCUT2D eigenvalue weighted by Crippen LogP contribution is -2.49. The molecular formula is C16H32N2. The summed E-state index contributed by atoms with van der Waals surface area (Å²) in [7, 11) is 0. The van der Waals surface area contributed by atoms with Gasteiger partial charge in [-0.3, -0.25) is 4.90 Å². The van der Waals surface area contributed by atoms with Gasteiger partial charge in [0.15, 0.2) is 0 Å². The minimum Gasteiger partial charge on any atom is -0.312 e. The number of nitrogens with one attached hydrogen (secondary N) is 1. The van der Waals surface area contributed by atoms with Crippen molar-refractivity contribution in [2.24, 2.45) is 11.3 Å². The van der Waals surface area contributed by atoms with Gasteiger partial charge in [-0.2, -0.15) is 0 Å². The van der Waals surface area contributed by atoms with Crippen LogP contribution in [0.25, 0.3) is 0 Å². The fourth-order valence-corrected chi connectivity index (χ4v) is 3.64. The Morgan fingerprint density at radius 1 is 1.11 bits per heavy atom. The van der Waals surface area contributed by atoms with Crippen molar-refractivity contribution in [1.29, 1.82) is 0 Å². The van der Waals surface area contributed by atoms with E-state index in [1.54, 1.807) is 0 Å². The third kappa shape index (κ3) is 3.48. The Kier molecular flexibility index (Phi) is 4.71. The van der Waals surface area contributed by atoms with Gasteiger partial charge in [-0.05, 0) is 50.6 Å². The molecule has 1 aliphatic carbocycles. The first-order valence-electron chi connectivity index (χ1n) is 7.96. The molecule has 18 heavy (non-hydrogen) atoms. The second-order valence-electron chi connectivity index (χ2n) is 7.51. The van der Waals surface area contributed by atoms with Crippen molar-refractivity contribution < 1.29 is 0 Å². The van der Waals surface area contributed by atoms with Crippen LogP contribution < -0.4 is 5.32 Å². The van der Waals surface area contributed by atoms with Gasteiger partial charge < -0.3 is 5.32 Å². The lowest BCUT2D eigenvalue weighted by atomic mass is 9.86. The van der Waals surface area contributed by atoms with Crippen molar-refractivity contribution >= 4 is 0 Å². The van der Waals surface area contributed by atoms with Gasteiger partial charge >= 0.3 is 0 Å². The second-order valence-corrected chi connectivity index (χ2v) is 7.51. The SMILES string of the molecule is CC(C1CCCC1)N1CCCNC(C(C)(C)C)C1. The average molecular weight is 252 g/mol. The van der Waals surface area contributed by atoms with E-state index < -0.39 is 0 Å². The van der Waals surface area contributed by atoms with Crippen LogP contribution in [0.15, 0.2) is 0 Å². The predicted molar refractivity (Wildman–Crippen MR) is 78.9 cm³/mol. The zero-order chi connectivity index (χ0) is 13.2. The third-order valence-electron chi connectivity index (χ3n) is 5.13. The molecule has 2 heteroatoms. The molecule has 2 fully saturated rings. The maximum absolute atomic E-state index is 3.76. The smallest absolute Gasteiger partial charge is 0.0243 e. The van der Waals surface area contributed by atoms with Crippen LogP contribution in [0.4, 0.5) is 0 Å². The van der Waals surface area contributed by atoms with Crippen molar-refractivity contribution in [2.75, 3.05) is 19.6 Å². The van der Waals surface area contributed by atoms with Crippen molar-refractivity contribution in [3.63, 3.8) is 0 Å². The van der Waals surface area contributed by atoms with Gasteiger partial charge in [0.05, 0.1) is 0 Å². The van der Waals surface area contributed by atoms with E-state index >= 15 is 0 Å². The maximum Gasteiger partial charge on any atom is 0.0243 e. The van der Waals surface area contributed by atoms with Gasteiger partial charge in [0.2, 0.25) is 0 Å². The summed E-state index contributed by atoms with van der Waals surface area (Å²) in [4.78, 5) is 2.77. The van der Waals surface area contributed by atoms with E-state index in [2.05, 4.69) is 37.9 Å². The fourth-order valence-electron chi connectivity index (χ4n) is 3.64. The van der Waals surface area contributed by atoms with E-state index in [1.807, 2.05) is 0 Å². The summed E-state index contributed by atoms with van der Waals surface area (Å²) in [5.41, 5.74) is 0.373. The monoisotopic (exact) mass is 252 g/mol. The molecule has 1 saturated carbocycles. The maximum atomic E-state index is 3.76. The molecule has 0 aromatic rings. The van der Waals surface area contributed by atoms with E-state index in [0.717, 1.165) is 12.0 Å². The number of hydrogen-bond donors (Lipinski definition) is 1. The van der Waals surface area contributed by atoms with Crippen LogP contribution in [0.1, 0.15) is 59.8 Å². The molecule has 0 aromatic heterocycles. The highest BCUT2D eigenvalue weighted by atomic mass is 15.2. The first kappa shape index (κ1) is 14.3. The molecule has 2 aliphatic rings. The molecule has 0 aromatic carbocycles. The lowest BCUT2D eigenvalue weighted by Gasteiger charge is -2.38. The van der Waals surface area contributed by atoms with Crippen LogP contribution in [-0.4, -0.2) is 36.6 Å². The molecule has 0 amide bonds. The minimum atomic E-state index is 0.373. The topological polar surface area (TPSA) is 15.3 Å². The van der Waals surface area contributed by atoms with Crippen LogP contribution in [-0.2, 0) is 0 Å². The summed E-state index contributed by atoms with van der Waals surface area (Å²) < 4.78 is 0. The zero-order valence-electron chi connectivity index (χ0n) is 12.8. The van der Waals surface area contributed by atoms with Crippen LogP contribution in [0.3, 0.4) is 0 Å². The molecule has 0 bridgehead atoms. The van der Waals surface area contributed by atoms with Crippen LogP contribution in [0.2, 0.25) is 0 Å².